The van der Waals surface area contributed by atoms with Crippen LogP contribution in [0.3, 0.4) is 0 Å². The van der Waals surface area contributed by atoms with Crippen LogP contribution in [0.5, 0.6) is 0 Å². The number of furan rings is 1. The third kappa shape index (κ3) is 1.69. The van der Waals surface area contributed by atoms with Gasteiger partial charge in [0, 0.05) is 6.61 Å². The molecule has 0 saturated carbocycles. The normalized spacial score (nSPS) is 36.1. The SMILES string of the molecule is c1coc(C2OCC3(CCCO3)CO2)c1. The Bertz CT molecular complexity index is 303. The van der Waals surface area contributed by atoms with Gasteiger partial charge in [-0.25, -0.2) is 0 Å². The highest BCUT2D eigenvalue weighted by molar-refractivity contribution is 5.01. The van der Waals surface area contributed by atoms with Crippen LogP contribution in [0.1, 0.15) is 24.9 Å². The fourth-order valence-corrected chi connectivity index (χ4v) is 2.12. The lowest BCUT2D eigenvalue weighted by Gasteiger charge is -2.35. The predicted molar refractivity (Wildman–Crippen MR) is 51.3 cm³/mol. The number of hydrogen-bond donors (Lipinski definition) is 0. The number of ether oxygens (including phenoxy) is 3. The first kappa shape index (κ1) is 9.39. The molecule has 15 heavy (non-hydrogen) atoms. The van der Waals surface area contributed by atoms with Gasteiger partial charge in [-0.3, -0.25) is 0 Å². The van der Waals surface area contributed by atoms with E-state index in [-0.39, 0.29) is 11.9 Å². The third-order valence-corrected chi connectivity index (χ3v) is 2.96. The van der Waals surface area contributed by atoms with Crippen LogP contribution in [-0.4, -0.2) is 25.4 Å². The van der Waals surface area contributed by atoms with Gasteiger partial charge in [0.05, 0.1) is 19.5 Å². The minimum atomic E-state index is -0.366. The van der Waals surface area contributed by atoms with Crippen molar-refractivity contribution in [2.45, 2.75) is 24.7 Å². The van der Waals surface area contributed by atoms with Gasteiger partial charge in [0.25, 0.3) is 0 Å². The molecule has 0 bridgehead atoms. The van der Waals surface area contributed by atoms with Gasteiger partial charge in [-0.1, -0.05) is 0 Å². The summed E-state index contributed by atoms with van der Waals surface area (Å²) in [7, 11) is 0. The van der Waals surface area contributed by atoms with Crippen molar-refractivity contribution in [2.75, 3.05) is 19.8 Å². The zero-order valence-electron chi connectivity index (χ0n) is 8.48. The molecule has 2 saturated heterocycles. The van der Waals surface area contributed by atoms with Crippen LogP contribution in [0, 0.1) is 0 Å². The molecular weight excluding hydrogens is 196 g/mol. The van der Waals surface area contributed by atoms with E-state index in [1.54, 1.807) is 6.26 Å². The first-order chi connectivity index (χ1) is 7.38. The summed E-state index contributed by atoms with van der Waals surface area (Å²) in [6.45, 7) is 2.01. The molecule has 1 spiro atoms. The molecule has 0 amide bonds. The predicted octanol–water partition coefficient (Wildman–Crippen LogP) is 1.87. The van der Waals surface area contributed by atoms with Gasteiger partial charge in [-0.05, 0) is 25.0 Å². The summed E-state index contributed by atoms with van der Waals surface area (Å²) in [5, 5.41) is 0. The Morgan fingerprint density at radius 2 is 2.13 bits per heavy atom. The average molecular weight is 210 g/mol. The fourth-order valence-electron chi connectivity index (χ4n) is 2.12. The molecule has 0 radical (unpaired) electrons. The van der Waals surface area contributed by atoms with E-state index in [0.717, 1.165) is 25.2 Å². The lowest BCUT2D eigenvalue weighted by atomic mass is 10.0. The van der Waals surface area contributed by atoms with Crippen molar-refractivity contribution in [3.05, 3.63) is 24.2 Å². The van der Waals surface area contributed by atoms with E-state index in [2.05, 4.69) is 0 Å². The van der Waals surface area contributed by atoms with Crippen LogP contribution >= 0.6 is 0 Å². The Morgan fingerprint density at radius 1 is 1.27 bits per heavy atom. The Kier molecular flexibility index (Phi) is 2.27. The Labute approximate surface area is 88.1 Å². The molecule has 1 aromatic heterocycles. The van der Waals surface area contributed by atoms with E-state index in [1.807, 2.05) is 12.1 Å². The van der Waals surface area contributed by atoms with Crippen molar-refractivity contribution < 1.29 is 18.6 Å². The van der Waals surface area contributed by atoms with E-state index >= 15 is 0 Å². The summed E-state index contributed by atoms with van der Waals surface area (Å²) in [5.74, 6) is 0.725. The van der Waals surface area contributed by atoms with Gasteiger partial charge in [0.1, 0.15) is 5.60 Å². The average Bonchev–Trinajstić information content (AvgIpc) is 2.91. The molecule has 2 aliphatic rings. The molecule has 3 rings (SSSR count). The zero-order valence-corrected chi connectivity index (χ0v) is 8.48. The maximum atomic E-state index is 5.67. The molecule has 0 unspecified atom stereocenters. The van der Waals surface area contributed by atoms with Gasteiger partial charge in [-0.15, -0.1) is 0 Å². The Morgan fingerprint density at radius 3 is 2.73 bits per heavy atom. The molecule has 2 fully saturated rings. The standard InChI is InChI=1S/C11H14O4/c1-3-9(12-5-1)10-13-7-11(8-14-10)4-2-6-15-11/h1,3,5,10H,2,4,6-8H2. The van der Waals surface area contributed by atoms with Crippen molar-refractivity contribution in [1.29, 1.82) is 0 Å². The van der Waals surface area contributed by atoms with Crippen molar-refractivity contribution in [3.63, 3.8) is 0 Å². The third-order valence-electron chi connectivity index (χ3n) is 2.96. The highest BCUT2D eigenvalue weighted by Crippen LogP contribution is 2.34. The largest absolute Gasteiger partial charge is 0.464 e. The lowest BCUT2D eigenvalue weighted by molar-refractivity contribution is -0.263. The molecule has 0 atom stereocenters. The van der Waals surface area contributed by atoms with E-state index in [4.69, 9.17) is 18.6 Å². The minimum absolute atomic E-state index is 0.191. The van der Waals surface area contributed by atoms with Gasteiger partial charge >= 0.3 is 0 Å². The molecule has 1 aromatic rings. The molecule has 0 aliphatic carbocycles. The van der Waals surface area contributed by atoms with Crippen molar-refractivity contribution in [2.24, 2.45) is 0 Å². The van der Waals surface area contributed by atoms with Crippen molar-refractivity contribution in [1.82, 2.24) is 0 Å². The lowest BCUT2D eigenvalue weighted by Crippen LogP contribution is -2.44. The quantitative estimate of drug-likeness (QED) is 0.709. The van der Waals surface area contributed by atoms with Crippen molar-refractivity contribution >= 4 is 0 Å². The summed E-state index contributed by atoms with van der Waals surface area (Å²) in [6, 6.07) is 3.69. The second-order valence-corrected chi connectivity index (χ2v) is 4.10. The van der Waals surface area contributed by atoms with Gasteiger partial charge in [0.2, 0.25) is 6.29 Å². The van der Waals surface area contributed by atoms with E-state index in [9.17, 15) is 0 Å². The van der Waals surface area contributed by atoms with E-state index < -0.39 is 0 Å². The maximum absolute atomic E-state index is 5.67. The summed E-state index contributed by atoms with van der Waals surface area (Å²) in [5.41, 5.74) is -0.191. The maximum Gasteiger partial charge on any atom is 0.217 e. The fraction of sp³-hybridized carbons (Fsp3) is 0.636. The number of rotatable bonds is 1. The minimum Gasteiger partial charge on any atom is -0.464 e. The number of hydrogen-bond acceptors (Lipinski definition) is 4. The molecule has 2 aliphatic heterocycles. The molecule has 4 heteroatoms. The molecule has 0 N–H and O–H groups in total. The Balaban J connectivity index is 1.65. The summed E-state index contributed by atoms with van der Waals surface area (Å²) >= 11 is 0. The second kappa shape index (κ2) is 3.63. The van der Waals surface area contributed by atoms with Crippen LogP contribution in [0.15, 0.2) is 22.8 Å². The summed E-state index contributed by atoms with van der Waals surface area (Å²) < 4.78 is 22.1. The zero-order chi connectivity index (χ0) is 10.1. The molecule has 0 aromatic carbocycles. The second-order valence-electron chi connectivity index (χ2n) is 4.10. The summed E-state index contributed by atoms with van der Waals surface area (Å²) in [6.07, 6.45) is 3.38. The van der Waals surface area contributed by atoms with E-state index in [0.29, 0.717) is 13.2 Å². The van der Waals surface area contributed by atoms with Crippen LogP contribution < -0.4 is 0 Å². The van der Waals surface area contributed by atoms with Crippen LogP contribution in [0.2, 0.25) is 0 Å². The highest BCUT2D eigenvalue weighted by Gasteiger charge is 2.41. The topological polar surface area (TPSA) is 40.8 Å². The molecular formula is C11H14O4. The van der Waals surface area contributed by atoms with Crippen LogP contribution in [0.4, 0.5) is 0 Å². The monoisotopic (exact) mass is 210 g/mol. The van der Waals surface area contributed by atoms with Crippen LogP contribution in [-0.2, 0) is 14.2 Å². The Hall–Kier alpha value is -0.840. The molecule has 82 valence electrons. The van der Waals surface area contributed by atoms with Gasteiger partial charge < -0.3 is 18.6 Å². The van der Waals surface area contributed by atoms with Crippen molar-refractivity contribution in [3.8, 4) is 0 Å². The smallest absolute Gasteiger partial charge is 0.217 e. The highest BCUT2D eigenvalue weighted by atomic mass is 16.7. The van der Waals surface area contributed by atoms with Gasteiger partial charge in [-0.2, -0.15) is 0 Å². The van der Waals surface area contributed by atoms with E-state index in [1.165, 1.54) is 0 Å². The first-order valence-electron chi connectivity index (χ1n) is 5.29. The molecule has 4 nitrogen and oxygen atoms in total. The van der Waals surface area contributed by atoms with Crippen LogP contribution in [0.25, 0.3) is 0 Å². The van der Waals surface area contributed by atoms with Gasteiger partial charge in [0.15, 0.2) is 5.76 Å². The molecule has 3 heterocycles. The summed E-state index contributed by atoms with van der Waals surface area (Å²) in [4.78, 5) is 0. The first-order valence-corrected chi connectivity index (χ1v) is 5.29.